The number of rotatable bonds is 4. The molecule has 0 atom stereocenters. The number of thiazole rings is 1. The minimum Gasteiger partial charge on any atom is -0.342 e. The zero-order chi connectivity index (χ0) is 18.8. The number of nitrogens with zero attached hydrogens (tertiary/aromatic N) is 4. The van der Waals surface area contributed by atoms with Gasteiger partial charge in [-0.3, -0.25) is 19.5 Å². The van der Waals surface area contributed by atoms with Gasteiger partial charge in [0.15, 0.2) is 5.13 Å². The maximum atomic E-state index is 12.6. The molecule has 0 unspecified atom stereocenters. The number of amides is 1. The average molecular weight is 388 g/mol. The van der Waals surface area contributed by atoms with Crippen molar-refractivity contribution in [2.75, 3.05) is 36.4 Å². The van der Waals surface area contributed by atoms with Crippen molar-refractivity contribution in [1.29, 1.82) is 0 Å². The van der Waals surface area contributed by atoms with Gasteiger partial charge in [0.1, 0.15) is 0 Å². The van der Waals surface area contributed by atoms with Crippen LogP contribution >= 0.6 is 11.3 Å². The van der Waals surface area contributed by atoms with E-state index in [0.29, 0.717) is 36.2 Å². The zero-order valence-electron chi connectivity index (χ0n) is 15.5. The summed E-state index contributed by atoms with van der Waals surface area (Å²) in [7, 11) is 0. The Labute approximate surface area is 161 Å². The number of hydrogen-bond donors (Lipinski definition) is 2. The summed E-state index contributed by atoms with van der Waals surface area (Å²) in [4.78, 5) is 40.9. The third-order valence-corrected chi connectivity index (χ3v) is 5.90. The van der Waals surface area contributed by atoms with Gasteiger partial charge in [0.25, 0.3) is 5.56 Å². The van der Waals surface area contributed by atoms with Gasteiger partial charge in [-0.1, -0.05) is 0 Å². The molecule has 2 aliphatic rings. The van der Waals surface area contributed by atoms with Crippen LogP contribution in [-0.2, 0) is 17.8 Å². The van der Waals surface area contributed by atoms with Gasteiger partial charge in [0.2, 0.25) is 11.9 Å². The number of piperidine rings is 1. The van der Waals surface area contributed by atoms with Crippen LogP contribution in [0.25, 0.3) is 0 Å². The first-order chi connectivity index (χ1) is 13.1. The van der Waals surface area contributed by atoms with E-state index in [1.165, 1.54) is 17.8 Å². The monoisotopic (exact) mass is 388 g/mol. The predicted molar refractivity (Wildman–Crippen MR) is 105 cm³/mol. The van der Waals surface area contributed by atoms with Crippen molar-refractivity contribution in [1.82, 2.24) is 19.9 Å². The van der Waals surface area contributed by atoms with E-state index in [2.05, 4.69) is 20.2 Å². The lowest BCUT2D eigenvalue weighted by Gasteiger charge is -2.30. The van der Waals surface area contributed by atoms with Crippen LogP contribution < -0.4 is 15.8 Å². The van der Waals surface area contributed by atoms with Crippen molar-refractivity contribution in [3.63, 3.8) is 0 Å². The predicted octanol–water partition coefficient (Wildman–Crippen LogP) is 1.52. The van der Waals surface area contributed by atoms with E-state index in [1.54, 1.807) is 0 Å². The van der Waals surface area contributed by atoms with Gasteiger partial charge in [-0.15, -0.1) is 11.3 Å². The fourth-order valence-electron chi connectivity index (χ4n) is 3.63. The number of hydrogen-bond acceptors (Lipinski definition) is 7. The van der Waals surface area contributed by atoms with Crippen LogP contribution in [0, 0.1) is 6.92 Å². The number of nitrogens with one attached hydrogen (secondary N) is 2. The SMILES string of the molecule is Cc1csc(NC(=O)CN2CCc3nc(N4CCCCC4)[nH]c(=O)c3C2)n1. The van der Waals surface area contributed by atoms with Crippen LogP contribution in [0.3, 0.4) is 0 Å². The first-order valence-electron chi connectivity index (χ1n) is 9.40. The lowest BCUT2D eigenvalue weighted by atomic mass is 10.1. The van der Waals surface area contributed by atoms with E-state index in [0.717, 1.165) is 37.3 Å². The van der Waals surface area contributed by atoms with Crippen molar-refractivity contribution in [2.45, 2.75) is 39.2 Å². The Kier molecular flexibility index (Phi) is 5.22. The number of aromatic nitrogens is 3. The van der Waals surface area contributed by atoms with Crippen molar-refractivity contribution >= 4 is 28.3 Å². The molecule has 4 heterocycles. The van der Waals surface area contributed by atoms with Crippen molar-refractivity contribution in [2.24, 2.45) is 0 Å². The molecule has 1 amide bonds. The molecule has 0 aromatic carbocycles. The second-order valence-electron chi connectivity index (χ2n) is 7.17. The topological polar surface area (TPSA) is 94.2 Å². The molecule has 2 aromatic heterocycles. The molecule has 27 heavy (non-hydrogen) atoms. The summed E-state index contributed by atoms with van der Waals surface area (Å²) in [5.41, 5.74) is 2.36. The molecule has 0 aliphatic carbocycles. The number of carbonyl (C=O) groups excluding carboxylic acids is 1. The molecule has 0 bridgehead atoms. The summed E-state index contributed by atoms with van der Waals surface area (Å²) in [6.45, 7) is 5.19. The lowest BCUT2D eigenvalue weighted by Crippen LogP contribution is -2.41. The van der Waals surface area contributed by atoms with Gasteiger partial charge < -0.3 is 10.2 Å². The van der Waals surface area contributed by atoms with Crippen LogP contribution in [0.2, 0.25) is 0 Å². The minimum atomic E-state index is -0.109. The summed E-state index contributed by atoms with van der Waals surface area (Å²) in [6.07, 6.45) is 4.21. The summed E-state index contributed by atoms with van der Waals surface area (Å²) in [5, 5.41) is 5.33. The van der Waals surface area contributed by atoms with Gasteiger partial charge in [-0.2, -0.15) is 0 Å². The normalized spacial score (nSPS) is 17.6. The van der Waals surface area contributed by atoms with Crippen LogP contribution in [0.5, 0.6) is 0 Å². The molecule has 144 valence electrons. The highest BCUT2D eigenvalue weighted by Crippen LogP contribution is 2.19. The second kappa shape index (κ2) is 7.77. The number of carbonyl (C=O) groups is 1. The van der Waals surface area contributed by atoms with Crippen LogP contribution in [0.4, 0.5) is 11.1 Å². The van der Waals surface area contributed by atoms with Gasteiger partial charge in [0.05, 0.1) is 23.5 Å². The van der Waals surface area contributed by atoms with E-state index in [1.807, 2.05) is 17.2 Å². The van der Waals surface area contributed by atoms with Crippen molar-refractivity contribution < 1.29 is 4.79 Å². The maximum absolute atomic E-state index is 12.6. The highest BCUT2D eigenvalue weighted by Gasteiger charge is 2.24. The van der Waals surface area contributed by atoms with Gasteiger partial charge in [-0.05, 0) is 26.2 Å². The first kappa shape index (κ1) is 18.1. The molecule has 2 aromatic rings. The maximum Gasteiger partial charge on any atom is 0.257 e. The fourth-order valence-corrected chi connectivity index (χ4v) is 4.34. The molecule has 2 aliphatic heterocycles. The molecule has 1 saturated heterocycles. The molecule has 8 nitrogen and oxygen atoms in total. The van der Waals surface area contributed by atoms with Crippen LogP contribution in [-0.4, -0.2) is 51.9 Å². The number of aryl methyl sites for hydroxylation is 1. The summed E-state index contributed by atoms with van der Waals surface area (Å²) >= 11 is 1.41. The number of anilines is 2. The van der Waals surface area contributed by atoms with Crippen molar-refractivity contribution in [3.8, 4) is 0 Å². The second-order valence-corrected chi connectivity index (χ2v) is 8.02. The van der Waals surface area contributed by atoms with Gasteiger partial charge in [0, 0.05) is 38.0 Å². The zero-order valence-corrected chi connectivity index (χ0v) is 16.3. The Hall–Kier alpha value is -2.26. The molecule has 9 heteroatoms. The lowest BCUT2D eigenvalue weighted by molar-refractivity contribution is -0.117. The summed E-state index contributed by atoms with van der Waals surface area (Å²) < 4.78 is 0. The smallest absolute Gasteiger partial charge is 0.257 e. The Morgan fingerprint density at radius 3 is 2.81 bits per heavy atom. The Balaban J connectivity index is 1.42. The molecule has 0 saturated carbocycles. The van der Waals surface area contributed by atoms with E-state index in [-0.39, 0.29) is 18.0 Å². The third-order valence-electron chi connectivity index (χ3n) is 5.02. The molecule has 0 radical (unpaired) electrons. The molecule has 4 rings (SSSR count). The quantitative estimate of drug-likeness (QED) is 0.825. The van der Waals surface area contributed by atoms with Crippen LogP contribution in [0.1, 0.15) is 36.2 Å². The van der Waals surface area contributed by atoms with E-state index < -0.39 is 0 Å². The Bertz CT molecular complexity index is 886. The standard InChI is InChI=1S/C18H24N6O2S/c1-12-11-27-18(19-12)21-15(25)10-23-8-5-14-13(9-23)16(26)22-17(20-14)24-6-3-2-4-7-24/h11H,2-10H2,1H3,(H,19,21,25)(H,20,22,26). The Morgan fingerprint density at radius 2 is 2.07 bits per heavy atom. The third kappa shape index (κ3) is 4.19. The highest BCUT2D eigenvalue weighted by atomic mass is 32.1. The largest absolute Gasteiger partial charge is 0.342 e. The fraction of sp³-hybridized carbons (Fsp3) is 0.556. The summed E-state index contributed by atoms with van der Waals surface area (Å²) in [6, 6.07) is 0. The molecular formula is C18H24N6O2S. The number of fused-ring (bicyclic) bond motifs is 1. The minimum absolute atomic E-state index is 0.0822. The average Bonchev–Trinajstić information content (AvgIpc) is 3.07. The molecule has 2 N–H and O–H groups in total. The van der Waals surface area contributed by atoms with Crippen molar-refractivity contribution in [3.05, 3.63) is 32.7 Å². The van der Waals surface area contributed by atoms with Crippen LogP contribution in [0.15, 0.2) is 10.2 Å². The first-order valence-corrected chi connectivity index (χ1v) is 10.3. The molecule has 0 spiro atoms. The number of aromatic amines is 1. The summed E-state index contributed by atoms with van der Waals surface area (Å²) in [5.74, 6) is 0.589. The van der Waals surface area contributed by atoms with E-state index >= 15 is 0 Å². The molecule has 1 fully saturated rings. The molecular weight excluding hydrogens is 364 g/mol. The van der Waals surface area contributed by atoms with E-state index in [9.17, 15) is 9.59 Å². The van der Waals surface area contributed by atoms with Gasteiger partial charge >= 0.3 is 0 Å². The van der Waals surface area contributed by atoms with Gasteiger partial charge in [-0.25, -0.2) is 9.97 Å². The number of H-pyrrole nitrogens is 1. The van der Waals surface area contributed by atoms with E-state index in [4.69, 9.17) is 4.98 Å². The Morgan fingerprint density at radius 1 is 1.26 bits per heavy atom. The highest BCUT2D eigenvalue weighted by molar-refractivity contribution is 7.13.